The quantitative estimate of drug-likeness (QED) is 0.805. The summed E-state index contributed by atoms with van der Waals surface area (Å²) in [5, 5.41) is 0. The number of ether oxygens (including phenoxy) is 2. The molecule has 0 aliphatic carbocycles. The Kier molecular flexibility index (Phi) is 4.83. The van der Waals surface area contributed by atoms with Gasteiger partial charge in [-0.3, -0.25) is 4.79 Å². The van der Waals surface area contributed by atoms with Crippen molar-refractivity contribution >= 4 is 11.9 Å². The van der Waals surface area contributed by atoms with Crippen molar-refractivity contribution in [3.8, 4) is 11.6 Å². The van der Waals surface area contributed by atoms with Crippen molar-refractivity contribution in [1.29, 1.82) is 0 Å². The maximum atomic E-state index is 12.8. The number of carbonyl (C=O) groups is 1. The lowest BCUT2D eigenvalue weighted by molar-refractivity contribution is 0.0782. The van der Waals surface area contributed by atoms with E-state index in [0.717, 1.165) is 31.9 Å². The highest BCUT2D eigenvalue weighted by atomic mass is 16.5. The maximum Gasteiger partial charge on any atom is 0.253 e. The van der Waals surface area contributed by atoms with Crippen LogP contribution >= 0.6 is 0 Å². The molecule has 4 rings (SSSR count). The average molecular weight is 368 g/mol. The van der Waals surface area contributed by atoms with Crippen LogP contribution in [0, 0.1) is 11.8 Å². The number of fused-ring (bicyclic) bond motifs is 1. The van der Waals surface area contributed by atoms with Gasteiger partial charge in [0.15, 0.2) is 0 Å². The Labute approximate surface area is 158 Å². The first kappa shape index (κ1) is 17.6. The molecule has 2 aliphatic heterocycles. The first-order chi connectivity index (χ1) is 13.2. The lowest BCUT2D eigenvalue weighted by Crippen LogP contribution is -2.33. The van der Waals surface area contributed by atoms with Gasteiger partial charge in [-0.25, -0.2) is 4.98 Å². The van der Waals surface area contributed by atoms with Crippen LogP contribution in [0.5, 0.6) is 11.6 Å². The molecule has 0 radical (unpaired) electrons. The standard InChI is InChI=1S/C20H24N4O3/c1-3-27-17-6-4-14(5-7-17)19(25)23-10-15-12-24(13-16(15)11-23)20-21-9-8-18(22-20)26-2/h4-9,15-16H,3,10-13H2,1-2H3. The zero-order valence-electron chi connectivity index (χ0n) is 15.7. The zero-order chi connectivity index (χ0) is 18.8. The lowest BCUT2D eigenvalue weighted by Gasteiger charge is -2.22. The van der Waals surface area contributed by atoms with Crippen LogP contribution in [0.15, 0.2) is 36.5 Å². The number of carbonyl (C=O) groups excluding carboxylic acids is 1. The number of anilines is 1. The van der Waals surface area contributed by atoms with Crippen molar-refractivity contribution in [3.63, 3.8) is 0 Å². The van der Waals surface area contributed by atoms with Crippen LogP contribution in [0.3, 0.4) is 0 Å². The summed E-state index contributed by atoms with van der Waals surface area (Å²) in [7, 11) is 1.61. The molecule has 2 saturated heterocycles. The minimum Gasteiger partial charge on any atom is -0.494 e. The number of amides is 1. The SMILES string of the molecule is CCOc1ccc(C(=O)N2CC3CN(c4nccc(OC)n4)CC3C2)cc1. The van der Waals surface area contributed by atoms with Crippen molar-refractivity contribution in [2.45, 2.75) is 6.92 Å². The summed E-state index contributed by atoms with van der Waals surface area (Å²) in [6.45, 7) is 5.85. The van der Waals surface area contributed by atoms with Crippen molar-refractivity contribution in [3.05, 3.63) is 42.1 Å². The number of likely N-dealkylation sites (tertiary alicyclic amines) is 1. The summed E-state index contributed by atoms with van der Waals surface area (Å²) in [5.74, 6) is 3.06. The third kappa shape index (κ3) is 3.54. The summed E-state index contributed by atoms with van der Waals surface area (Å²) >= 11 is 0. The van der Waals surface area contributed by atoms with E-state index in [-0.39, 0.29) is 5.91 Å². The van der Waals surface area contributed by atoms with Crippen LogP contribution in [0.2, 0.25) is 0 Å². The van der Waals surface area contributed by atoms with E-state index < -0.39 is 0 Å². The monoisotopic (exact) mass is 368 g/mol. The van der Waals surface area contributed by atoms with E-state index in [1.165, 1.54) is 0 Å². The molecule has 7 heteroatoms. The Hall–Kier alpha value is -2.83. The van der Waals surface area contributed by atoms with Gasteiger partial charge in [0.2, 0.25) is 11.8 Å². The molecule has 142 valence electrons. The molecule has 1 aromatic carbocycles. The first-order valence-corrected chi connectivity index (χ1v) is 9.32. The normalized spacial score (nSPS) is 21.3. The van der Waals surface area contributed by atoms with Gasteiger partial charge in [0, 0.05) is 55.8 Å². The maximum absolute atomic E-state index is 12.8. The summed E-state index contributed by atoms with van der Waals surface area (Å²) in [6.07, 6.45) is 1.72. The van der Waals surface area contributed by atoms with Gasteiger partial charge in [0.25, 0.3) is 5.91 Å². The molecule has 0 N–H and O–H groups in total. The van der Waals surface area contributed by atoms with E-state index in [0.29, 0.717) is 35.8 Å². The molecule has 0 saturated carbocycles. The molecule has 0 bridgehead atoms. The third-order valence-corrected chi connectivity index (χ3v) is 5.30. The van der Waals surface area contributed by atoms with Crippen LogP contribution in [0.4, 0.5) is 5.95 Å². The predicted octanol–water partition coefficient (Wildman–Crippen LogP) is 2.09. The number of rotatable bonds is 5. The van der Waals surface area contributed by atoms with Gasteiger partial charge in [-0.15, -0.1) is 0 Å². The second kappa shape index (κ2) is 7.42. The summed E-state index contributed by atoms with van der Waals surface area (Å²) in [6, 6.07) is 9.15. The average Bonchev–Trinajstić information content (AvgIpc) is 3.28. The summed E-state index contributed by atoms with van der Waals surface area (Å²) in [5.41, 5.74) is 0.714. The Morgan fingerprint density at radius 1 is 1.11 bits per heavy atom. The highest BCUT2D eigenvalue weighted by Gasteiger charge is 2.42. The van der Waals surface area contributed by atoms with Crippen molar-refractivity contribution in [1.82, 2.24) is 14.9 Å². The fourth-order valence-electron chi connectivity index (χ4n) is 3.96. The molecule has 7 nitrogen and oxygen atoms in total. The Morgan fingerprint density at radius 3 is 2.44 bits per heavy atom. The van der Waals surface area contributed by atoms with Crippen molar-refractivity contribution in [2.24, 2.45) is 11.8 Å². The molecule has 2 aromatic rings. The van der Waals surface area contributed by atoms with Gasteiger partial charge >= 0.3 is 0 Å². The van der Waals surface area contributed by atoms with Gasteiger partial charge in [-0.05, 0) is 31.2 Å². The van der Waals surface area contributed by atoms with Crippen LogP contribution in [-0.2, 0) is 0 Å². The van der Waals surface area contributed by atoms with E-state index in [1.54, 1.807) is 19.4 Å². The Morgan fingerprint density at radius 2 is 1.81 bits per heavy atom. The number of methoxy groups -OCH3 is 1. The number of benzene rings is 1. The number of nitrogens with zero attached hydrogens (tertiary/aromatic N) is 4. The van der Waals surface area contributed by atoms with Crippen LogP contribution in [-0.4, -0.2) is 60.7 Å². The van der Waals surface area contributed by atoms with Gasteiger partial charge in [0.05, 0.1) is 13.7 Å². The highest BCUT2D eigenvalue weighted by Crippen LogP contribution is 2.33. The minimum absolute atomic E-state index is 0.0941. The molecular weight excluding hydrogens is 344 g/mol. The fourth-order valence-corrected chi connectivity index (χ4v) is 3.96. The smallest absolute Gasteiger partial charge is 0.253 e. The van der Waals surface area contributed by atoms with Crippen molar-refractivity contribution < 1.29 is 14.3 Å². The Bertz CT molecular complexity index is 797. The van der Waals surface area contributed by atoms with Crippen LogP contribution < -0.4 is 14.4 Å². The molecule has 2 aliphatic rings. The molecule has 2 fully saturated rings. The van der Waals surface area contributed by atoms with Gasteiger partial charge in [-0.2, -0.15) is 4.98 Å². The van der Waals surface area contributed by atoms with Gasteiger partial charge < -0.3 is 19.3 Å². The van der Waals surface area contributed by atoms with Crippen LogP contribution in [0.25, 0.3) is 0 Å². The largest absolute Gasteiger partial charge is 0.494 e. The van der Waals surface area contributed by atoms with Crippen molar-refractivity contribution in [2.75, 3.05) is 44.8 Å². The molecular formula is C20H24N4O3. The number of hydrogen-bond acceptors (Lipinski definition) is 6. The molecule has 2 unspecified atom stereocenters. The van der Waals surface area contributed by atoms with E-state index >= 15 is 0 Å². The molecule has 0 spiro atoms. The van der Waals surface area contributed by atoms with Crippen LogP contribution in [0.1, 0.15) is 17.3 Å². The molecule has 1 amide bonds. The Balaban J connectivity index is 1.38. The molecule has 2 atom stereocenters. The number of aromatic nitrogens is 2. The lowest BCUT2D eigenvalue weighted by atomic mass is 10.0. The van der Waals surface area contributed by atoms with Gasteiger partial charge in [-0.1, -0.05) is 0 Å². The third-order valence-electron chi connectivity index (χ3n) is 5.30. The summed E-state index contributed by atoms with van der Waals surface area (Å²) < 4.78 is 10.6. The van der Waals surface area contributed by atoms with Gasteiger partial charge in [0.1, 0.15) is 5.75 Å². The first-order valence-electron chi connectivity index (χ1n) is 9.32. The second-order valence-electron chi connectivity index (χ2n) is 6.99. The van der Waals surface area contributed by atoms with E-state index in [1.807, 2.05) is 36.1 Å². The zero-order valence-corrected chi connectivity index (χ0v) is 15.7. The number of hydrogen-bond donors (Lipinski definition) is 0. The topological polar surface area (TPSA) is 67.8 Å². The van der Waals surface area contributed by atoms with E-state index in [9.17, 15) is 4.79 Å². The predicted molar refractivity (Wildman–Crippen MR) is 101 cm³/mol. The fraction of sp³-hybridized carbons (Fsp3) is 0.450. The second-order valence-corrected chi connectivity index (χ2v) is 6.99. The summed E-state index contributed by atoms with van der Waals surface area (Å²) in [4.78, 5) is 25.8. The minimum atomic E-state index is 0.0941. The molecule has 1 aromatic heterocycles. The molecule has 3 heterocycles. The molecule has 27 heavy (non-hydrogen) atoms. The van der Waals surface area contributed by atoms with E-state index in [2.05, 4.69) is 14.9 Å². The highest BCUT2D eigenvalue weighted by molar-refractivity contribution is 5.94. The van der Waals surface area contributed by atoms with E-state index in [4.69, 9.17) is 9.47 Å².